The van der Waals surface area contributed by atoms with E-state index in [0.717, 1.165) is 29.8 Å². The number of hydrogen-bond donors (Lipinski definition) is 1. The lowest BCUT2D eigenvalue weighted by Crippen LogP contribution is -2.40. The molecule has 1 amide bonds. The topological polar surface area (TPSA) is 53.9 Å². The standard InChI is InChI=1S/C16H21N3O2/c1-11-4-3-5-12(8-11)17-16(20)21-18-13-9-14-6-7-15(10-13)19(14)2/h3-5,8,14-15H,6-7,9-10H2,1-2H3,(H,17,20). The van der Waals surface area contributed by atoms with Crippen LogP contribution in [0.1, 0.15) is 31.2 Å². The largest absolute Gasteiger partial charge is 0.437 e. The number of anilines is 1. The normalized spacial score (nSPS) is 24.8. The van der Waals surface area contributed by atoms with Crippen LogP contribution in [0.5, 0.6) is 0 Å². The van der Waals surface area contributed by atoms with E-state index >= 15 is 0 Å². The van der Waals surface area contributed by atoms with Gasteiger partial charge in [0, 0.05) is 30.6 Å². The Labute approximate surface area is 125 Å². The predicted molar refractivity (Wildman–Crippen MR) is 82.5 cm³/mol. The third-order valence-corrected chi connectivity index (χ3v) is 4.45. The van der Waals surface area contributed by atoms with Gasteiger partial charge in [0.05, 0.1) is 5.71 Å². The number of piperidine rings is 1. The molecular formula is C16H21N3O2. The fourth-order valence-corrected chi connectivity index (χ4v) is 3.25. The molecule has 0 radical (unpaired) electrons. The van der Waals surface area contributed by atoms with Crippen molar-refractivity contribution >= 4 is 17.5 Å². The molecule has 5 nitrogen and oxygen atoms in total. The van der Waals surface area contributed by atoms with E-state index in [-0.39, 0.29) is 0 Å². The van der Waals surface area contributed by atoms with Gasteiger partial charge >= 0.3 is 6.09 Å². The van der Waals surface area contributed by atoms with Crippen molar-refractivity contribution in [3.8, 4) is 0 Å². The highest BCUT2D eigenvalue weighted by Crippen LogP contribution is 2.32. The van der Waals surface area contributed by atoms with E-state index in [4.69, 9.17) is 4.84 Å². The fourth-order valence-electron chi connectivity index (χ4n) is 3.25. The van der Waals surface area contributed by atoms with Crippen LogP contribution < -0.4 is 5.32 Å². The number of carbonyl (C=O) groups excluding carboxylic acids is 1. The van der Waals surface area contributed by atoms with E-state index in [0.29, 0.717) is 12.1 Å². The van der Waals surface area contributed by atoms with Gasteiger partial charge in [0.15, 0.2) is 0 Å². The summed E-state index contributed by atoms with van der Waals surface area (Å²) in [5.41, 5.74) is 2.81. The Kier molecular flexibility index (Phi) is 3.92. The molecule has 2 bridgehead atoms. The minimum Gasteiger partial charge on any atom is -0.300 e. The fraction of sp³-hybridized carbons (Fsp3) is 0.500. The first kappa shape index (κ1) is 14.1. The molecule has 5 heteroatoms. The zero-order valence-corrected chi connectivity index (χ0v) is 12.5. The quantitative estimate of drug-likeness (QED) is 0.671. The molecule has 0 aromatic heterocycles. The Morgan fingerprint density at radius 3 is 2.71 bits per heavy atom. The lowest BCUT2D eigenvalue weighted by molar-refractivity contribution is 0.162. The van der Waals surface area contributed by atoms with Crippen LogP contribution in [0.2, 0.25) is 0 Å². The number of aryl methyl sites for hydroxylation is 1. The number of amides is 1. The van der Waals surface area contributed by atoms with Crippen LogP contribution in [-0.2, 0) is 4.84 Å². The van der Waals surface area contributed by atoms with Crippen molar-refractivity contribution < 1.29 is 9.63 Å². The summed E-state index contributed by atoms with van der Waals surface area (Å²) in [5, 5.41) is 6.75. The minimum absolute atomic E-state index is 0.528. The van der Waals surface area contributed by atoms with Gasteiger partial charge in [0.2, 0.25) is 0 Å². The first-order valence-corrected chi connectivity index (χ1v) is 7.44. The first-order chi connectivity index (χ1) is 10.1. The second kappa shape index (κ2) is 5.85. The van der Waals surface area contributed by atoms with Crippen molar-refractivity contribution in [2.45, 2.75) is 44.7 Å². The highest BCUT2D eigenvalue weighted by molar-refractivity contribution is 5.88. The highest BCUT2D eigenvalue weighted by atomic mass is 16.7. The highest BCUT2D eigenvalue weighted by Gasteiger charge is 2.36. The molecule has 2 heterocycles. The number of hydrogen-bond acceptors (Lipinski definition) is 4. The summed E-state index contributed by atoms with van der Waals surface area (Å²) >= 11 is 0. The van der Waals surface area contributed by atoms with Crippen molar-refractivity contribution in [1.82, 2.24) is 4.90 Å². The number of benzene rings is 1. The number of rotatable bonds is 2. The molecule has 0 saturated carbocycles. The average molecular weight is 287 g/mol. The van der Waals surface area contributed by atoms with Gasteiger partial charge in [0.1, 0.15) is 0 Å². The molecule has 0 spiro atoms. The number of carbonyl (C=O) groups is 1. The summed E-state index contributed by atoms with van der Waals surface area (Å²) in [7, 11) is 2.17. The van der Waals surface area contributed by atoms with Crippen LogP contribution in [0.4, 0.5) is 10.5 Å². The molecule has 2 unspecified atom stereocenters. The number of oxime groups is 1. The second-order valence-electron chi connectivity index (χ2n) is 5.99. The second-order valence-corrected chi connectivity index (χ2v) is 5.99. The first-order valence-electron chi connectivity index (χ1n) is 7.44. The SMILES string of the molecule is Cc1cccc(NC(=O)ON=C2CC3CCC(C2)N3C)c1. The molecule has 2 aliphatic rings. The van der Waals surface area contributed by atoms with Crippen molar-refractivity contribution in [3.63, 3.8) is 0 Å². The molecule has 2 fully saturated rings. The van der Waals surface area contributed by atoms with Gasteiger partial charge in [-0.3, -0.25) is 15.1 Å². The van der Waals surface area contributed by atoms with Crippen LogP contribution in [0.3, 0.4) is 0 Å². The molecule has 0 aliphatic carbocycles. The molecule has 112 valence electrons. The Bertz CT molecular complexity index is 554. The molecule has 2 atom stereocenters. The lowest BCUT2D eigenvalue weighted by atomic mass is 10.0. The van der Waals surface area contributed by atoms with Gasteiger partial charge in [0.25, 0.3) is 0 Å². The maximum atomic E-state index is 11.8. The minimum atomic E-state index is -0.528. The molecule has 2 aliphatic heterocycles. The number of nitrogens with zero attached hydrogens (tertiary/aromatic N) is 2. The van der Waals surface area contributed by atoms with E-state index < -0.39 is 6.09 Å². The molecule has 1 N–H and O–H groups in total. The zero-order valence-electron chi connectivity index (χ0n) is 12.5. The smallest absolute Gasteiger partial charge is 0.300 e. The van der Waals surface area contributed by atoms with Gasteiger partial charge in [-0.05, 0) is 44.5 Å². The molecule has 3 rings (SSSR count). The number of fused-ring (bicyclic) bond motifs is 2. The van der Waals surface area contributed by atoms with Crippen LogP contribution in [0, 0.1) is 6.92 Å². The van der Waals surface area contributed by atoms with Crippen LogP contribution in [0.25, 0.3) is 0 Å². The summed E-state index contributed by atoms with van der Waals surface area (Å²) in [6.45, 7) is 1.98. The maximum Gasteiger partial charge on any atom is 0.437 e. The predicted octanol–water partition coefficient (Wildman–Crippen LogP) is 3.16. The van der Waals surface area contributed by atoms with Crippen molar-refractivity contribution in [2.24, 2.45) is 5.16 Å². The van der Waals surface area contributed by atoms with E-state index in [1.165, 1.54) is 12.8 Å². The summed E-state index contributed by atoms with van der Waals surface area (Å²) in [6.07, 6.45) is 3.72. The van der Waals surface area contributed by atoms with Crippen molar-refractivity contribution in [3.05, 3.63) is 29.8 Å². The third kappa shape index (κ3) is 3.24. The van der Waals surface area contributed by atoms with Gasteiger partial charge in [-0.25, -0.2) is 4.79 Å². The summed E-state index contributed by atoms with van der Waals surface area (Å²) in [4.78, 5) is 19.2. The maximum absolute atomic E-state index is 11.8. The molecule has 1 aromatic carbocycles. The van der Waals surface area contributed by atoms with E-state index in [1.54, 1.807) is 0 Å². The van der Waals surface area contributed by atoms with E-state index in [9.17, 15) is 4.79 Å². The van der Waals surface area contributed by atoms with Gasteiger partial charge in [-0.15, -0.1) is 0 Å². The van der Waals surface area contributed by atoms with Crippen molar-refractivity contribution in [2.75, 3.05) is 12.4 Å². The Balaban J connectivity index is 1.55. The van der Waals surface area contributed by atoms with Gasteiger partial charge in [-0.2, -0.15) is 0 Å². The Hall–Kier alpha value is -1.88. The average Bonchev–Trinajstić information content (AvgIpc) is 2.68. The Morgan fingerprint density at radius 2 is 2.05 bits per heavy atom. The van der Waals surface area contributed by atoms with Crippen molar-refractivity contribution in [1.29, 1.82) is 0 Å². The molecule has 1 aromatic rings. The van der Waals surface area contributed by atoms with Gasteiger partial charge < -0.3 is 0 Å². The van der Waals surface area contributed by atoms with E-state index in [2.05, 4.69) is 22.4 Å². The molecular weight excluding hydrogens is 266 g/mol. The third-order valence-electron chi connectivity index (χ3n) is 4.45. The van der Waals surface area contributed by atoms with Crippen LogP contribution >= 0.6 is 0 Å². The summed E-state index contributed by atoms with van der Waals surface area (Å²) in [6, 6.07) is 8.72. The summed E-state index contributed by atoms with van der Waals surface area (Å²) in [5.74, 6) is 0. The monoisotopic (exact) mass is 287 g/mol. The van der Waals surface area contributed by atoms with E-state index in [1.807, 2.05) is 31.2 Å². The number of nitrogens with one attached hydrogen (secondary N) is 1. The molecule has 2 saturated heterocycles. The summed E-state index contributed by atoms with van der Waals surface area (Å²) < 4.78 is 0. The van der Waals surface area contributed by atoms with Gasteiger partial charge in [-0.1, -0.05) is 17.3 Å². The van der Waals surface area contributed by atoms with Crippen LogP contribution in [0.15, 0.2) is 29.4 Å². The lowest BCUT2D eigenvalue weighted by Gasteiger charge is -2.31. The molecule has 21 heavy (non-hydrogen) atoms. The van der Waals surface area contributed by atoms with Crippen LogP contribution in [-0.4, -0.2) is 35.8 Å². The zero-order chi connectivity index (χ0) is 14.8. The Morgan fingerprint density at radius 1 is 1.33 bits per heavy atom.